The second-order valence-corrected chi connectivity index (χ2v) is 4.25. The lowest BCUT2D eigenvalue weighted by molar-refractivity contribution is -0.384. The average Bonchev–Trinajstić information content (AvgIpc) is 2.85. The van der Waals surface area contributed by atoms with Gasteiger partial charge in [0.05, 0.1) is 34.2 Å². The largest absolute Gasteiger partial charge is 0.472 e. The molecule has 0 aliphatic rings. The molecule has 2 rings (SSSR count). The van der Waals surface area contributed by atoms with Crippen molar-refractivity contribution in [2.75, 3.05) is 5.32 Å². The van der Waals surface area contributed by atoms with Crippen molar-refractivity contribution in [3.8, 4) is 0 Å². The van der Waals surface area contributed by atoms with E-state index in [-0.39, 0.29) is 11.7 Å². The molecule has 5 nitrogen and oxygen atoms in total. The van der Waals surface area contributed by atoms with E-state index in [1.165, 1.54) is 12.1 Å². The summed E-state index contributed by atoms with van der Waals surface area (Å²) >= 11 is 5.99. The van der Waals surface area contributed by atoms with Gasteiger partial charge >= 0.3 is 0 Å². The molecule has 0 aliphatic heterocycles. The number of rotatable bonds is 4. The number of hydrogen-bond donors (Lipinski definition) is 1. The fraction of sp³-hybridized carbons (Fsp3) is 0.167. The number of non-ortho nitro benzene ring substituents is 1. The first-order chi connectivity index (χ1) is 8.58. The van der Waals surface area contributed by atoms with Gasteiger partial charge in [-0.3, -0.25) is 10.1 Å². The number of nitro benzene ring substituents is 1. The zero-order valence-electron chi connectivity index (χ0n) is 9.59. The molecule has 0 radical (unpaired) electrons. The van der Waals surface area contributed by atoms with Gasteiger partial charge < -0.3 is 9.73 Å². The monoisotopic (exact) mass is 266 g/mol. The zero-order valence-corrected chi connectivity index (χ0v) is 10.3. The highest BCUT2D eigenvalue weighted by atomic mass is 35.5. The predicted molar refractivity (Wildman–Crippen MR) is 68.9 cm³/mol. The summed E-state index contributed by atoms with van der Waals surface area (Å²) in [5, 5.41) is 14.1. The van der Waals surface area contributed by atoms with Crippen molar-refractivity contribution in [1.82, 2.24) is 0 Å². The molecule has 1 aromatic carbocycles. The Balaban J connectivity index is 2.17. The molecule has 0 spiro atoms. The molecule has 0 fully saturated rings. The first-order valence-electron chi connectivity index (χ1n) is 5.30. The Morgan fingerprint density at radius 3 is 2.78 bits per heavy atom. The van der Waals surface area contributed by atoms with Crippen molar-refractivity contribution in [3.05, 3.63) is 57.5 Å². The number of nitrogens with zero attached hydrogens (tertiary/aromatic N) is 1. The van der Waals surface area contributed by atoms with Crippen LogP contribution in [-0.2, 0) is 0 Å². The van der Waals surface area contributed by atoms with E-state index >= 15 is 0 Å². The van der Waals surface area contributed by atoms with Crippen molar-refractivity contribution in [2.24, 2.45) is 0 Å². The van der Waals surface area contributed by atoms with Gasteiger partial charge in [0.25, 0.3) is 5.69 Å². The minimum absolute atomic E-state index is 0.00251. The van der Waals surface area contributed by atoms with Gasteiger partial charge in [-0.25, -0.2) is 0 Å². The molecule has 94 valence electrons. The topological polar surface area (TPSA) is 68.3 Å². The van der Waals surface area contributed by atoms with Crippen LogP contribution in [0.25, 0.3) is 0 Å². The second-order valence-electron chi connectivity index (χ2n) is 3.84. The summed E-state index contributed by atoms with van der Waals surface area (Å²) in [6.07, 6.45) is 3.22. The van der Waals surface area contributed by atoms with Gasteiger partial charge in [0.1, 0.15) is 0 Å². The van der Waals surface area contributed by atoms with Gasteiger partial charge in [0.2, 0.25) is 0 Å². The first-order valence-corrected chi connectivity index (χ1v) is 5.68. The number of anilines is 1. The molecule has 0 amide bonds. The molecule has 2 aromatic rings. The van der Waals surface area contributed by atoms with Crippen LogP contribution in [-0.4, -0.2) is 4.92 Å². The third-order valence-electron chi connectivity index (χ3n) is 2.58. The fourth-order valence-corrected chi connectivity index (χ4v) is 1.80. The Kier molecular flexibility index (Phi) is 3.53. The summed E-state index contributed by atoms with van der Waals surface area (Å²) in [5.74, 6) is 0. The lowest BCUT2D eigenvalue weighted by atomic mass is 10.1. The molecule has 0 bridgehead atoms. The Morgan fingerprint density at radius 2 is 2.22 bits per heavy atom. The zero-order chi connectivity index (χ0) is 13.1. The summed E-state index contributed by atoms with van der Waals surface area (Å²) in [5.41, 5.74) is 1.60. The lowest BCUT2D eigenvalue weighted by Gasteiger charge is -2.14. The van der Waals surface area contributed by atoms with E-state index in [1.807, 2.05) is 13.0 Å². The third kappa shape index (κ3) is 2.62. The molecule has 1 N–H and O–H groups in total. The molecule has 0 saturated heterocycles. The van der Waals surface area contributed by atoms with Gasteiger partial charge in [-0.2, -0.15) is 0 Å². The van der Waals surface area contributed by atoms with Gasteiger partial charge in [0, 0.05) is 17.7 Å². The summed E-state index contributed by atoms with van der Waals surface area (Å²) in [6.45, 7) is 1.95. The highest BCUT2D eigenvalue weighted by Gasteiger charge is 2.12. The Hall–Kier alpha value is -2.01. The molecule has 1 heterocycles. The van der Waals surface area contributed by atoms with Crippen LogP contribution in [0.4, 0.5) is 11.4 Å². The van der Waals surface area contributed by atoms with E-state index < -0.39 is 4.92 Å². The van der Waals surface area contributed by atoms with Crippen molar-refractivity contribution >= 4 is 23.0 Å². The highest BCUT2D eigenvalue weighted by molar-refractivity contribution is 6.33. The van der Waals surface area contributed by atoms with Gasteiger partial charge in [-0.05, 0) is 19.1 Å². The minimum atomic E-state index is -0.477. The standard InChI is InChI=1S/C12H11ClN2O3/c1-8(9-4-5-18-7-9)14-12-3-2-10(15(16)17)6-11(12)13/h2-8,14H,1H3. The van der Waals surface area contributed by atoms with Crippen LogP contribution in [0.5, 0.6) is 0 Å². The van der Waals surface area contributed by atoms with Crippen LogP contribution in [0.1, 0.15) is 18.5 Å². The molecule has 1 atom stereocenters. The normalized spacial score (nSPS) is 12.1. The van der Waals surface area contributed by atoms with Crippen molar-refractivity contribution in [3.63, 3.8) is 0 Å². The van der Waals surface area contributed by atoms with Crippen LogP contribution >= 0.6 is 11.6 Å². The molecule has 1 aromatic heterocycles. The van der Waals surface area contributed by atoms with Crippen LogP contribution in [0.2, 0.25) is 5.02 Å². The van der Waals surface area contributed by atoms with E-state index in [9.17, 15) is 10.1 Å². The highest BCUT2D eigenvalue weighted by Crippen LogP contribution is 2.29. The van der Waals surface area contributed by atoms with Crippen LogP contribution in [0, 0.1) is 10.1 Å². The molecule has 0 aliphatic carbocycles. The maximum absolute atomic E-state index is 10.6. The molecular formula is C12H11ClN2O3. The van der Waals surface area contributed by atoms with Crippen LogP contribution < -0.4 is 5.32 Å². The van der Waals surface area contributed by atoms with Gasteiger partial charge in [-0.1, -0.05) is 11.6 Å². The summed E-state index contributed by atoms with van der Waals surface area (Å²) in [4.78, 5) is 10.1. The third-order valence-corrected chi connectivity index (χ3v) is 2.89. The number of furan rings is 1. The number of hydrogen-bond acceptors (Lipinski definition) is 4. The van der Waals surface area contributed by atoms with Crippen LogP contribution in [0.15, 0.2) is 41.2 Å². The Morgan fingerprint density at radius 1 is 1.44 bits per heavy atom. The molecule has 18 heavy (non-hydrogen) atoms. The van der Waals surface area contributed by atoms with E-state index in [1.54, 1.807) is 18.6 Å². The molecule has 6 heteroatoms. The van der Waals surface area contributed by atoms with E-state index in [0.717, 1.165) is 5.56 Å². The summed E-state index contributed by atoms with van der Waals surface area (Å²) in [6, 6.07) is 6.18. The molecular weight excluding hydrogens is 256 g/mol. The van der Waals surface area contributed by atoms with Crippen molar-refractivity contribution in [1.29, 1.82) is 0 Å². The summed E-state index contributed by atoms with van der Waals surface area (Å²) < 4.78 is 4.99. The van der Waals surface area contributed by atoms with E-state index in [2.05, 4.69) is 5.32 Å². The maximum Gasteiger partial charge on any atom is 0.271 e. The van der Waals surface area contributed by atoms with Crippen molar-refractivity contribution < 1.29 is 9.34 Å². The van der Waals surface area contributed by atoms with E-state index in [0.29, 0.717) is 10.7 Å². The number of nitrogens with one attached hydrogen (secondary N) is 1. The van der Waals surface area contributed by atoms with Crippen molar-refractivity contribution in [2.45, 2.75) is 13.0 Å². The lowest BCUT2D eigenvalue weighted by Crippen LogP contribution is -2.06. The summed E-state index contributed by atoms with van der Waals surface area (Å²) in [7, 11) is 0. The number of nitro groups is 1. The SMILES string of the molecule is CC(Nc1ccc([N+](=O)[O-])cc1Cl)c1ccoc1. The van der Waals surface area contributed by atoms with Gasteiger partial charge in [0.15, 0.2) is 0 Å². The average molecular weight is 267 g/mol. The van der Waals surface area contributed by atoms with Gasteiger partial charge in [-0.15, -0.1) is 0 Å². The number of halogens is 1. The Bertz CT molecular complexity index is 554. The predicted octanol–water partition coefficient (Wildman–Crippen LogP) is 4.01. The maximum atomic E-state index is 10.6. The Labute approximate surface area is 109 Å². The minimum Gasteiger partial charge on any atom is -0.472 e. The van der Waals surface area contributed by atoms with E-state index in [4.69, 9.17) is 16.0 Å². The van der Waals surface area contributed by atoms with Crippen LogP contribution in [0.3, 0.4) is 0 Å². The fourth-order valence-electron chi connectivity index (χ4n) is 1.57. The smallest absolute Gasteiger partial charge is 0.271 e. The molecule has 1 unspecified atom stereocenters. The second kappa shape index (κ2) is 5.10. The number of benzene rings is 1. The quantitative estimate of drug-likeness (QED) is 0.670. The molecule has 0 saturated carbocycles. The first kappa shape index (κ1) is 12.4.